The largest absolute Gasteiger partial charge is 0.496 e. The van der Waals surface area contributed by atoms with Gasteiger partial charge in [-0.15, -0.1) is 0 Å². The Bertz CT molecular complexity index is 895. The first kappa shape index (κ1) is 16.1. The Balaban J connectivity index is 2.09. The van der Waals surface area contributed by atoms with Crippen molar-refractivity contribution in [1.29, 1.82) is 0 Å². The number of ether oxygens (including phenoxy) is 1. The van der Waals surface area contributed by atoms with Crippen LogP contribution in [0.15, 0.2) is 47.5 Å². The summed E-state index contributed by atoms with van der Waals surface area (Å²) in [4.78, 5) is 25.7. The second-order valence-electron chi connectivity index (χ2n) is 4.93. The number of anilines is 1. The Morgan fingerprint density at radius 3 is 2.38 bits per heavy atom. The van der Waals surface area contributed by atoms with Crippen LogP contribution in [0.4, 0.5) is 14.5 Å². The summed E-state index contributed by atoms with van der Waals surface area (Å²) < 4.78 is 31.7. The number of rotatable bonds is 3. The SMILES string of the molecule is COc1ccccc1C1=C(Cl)C(=O)N(c2ccc(F)c(F)c2)C1=O. The molecule has 0 bridgehead atoms. The minimum atomic E-state index is -1.17. The minimum absolute atomic E-state index is 0.0520. The Labute approximate surface area is 140 Å². The number of hydrogen-bond donors (Lipinski definition) is 0. The number of nitrogens with zero attached hydrogens (tertiary/aromatic N) is 1. The van der Waals surface area contributed by atoms with Gasteiger partial charge in [-0.05, 0) is 18.2 Å². The first-order chi connectivity index (χ1) is 11.5. The van der Waals surface area contributed by atoms with E-state index in [-0.39, 0.29) is 16.3 Å². The molecule has 2 aromatic carbocycles. The normalized spacial score (nSPS) is 14.6. The van der Waals surface area contributed by atoms with Crippen molar-refractivity contribution in [2.75, 3.05) is 12.0 Å². The molecule has 0 saturated heterocycles. The van der Waals surface area contributed by atoms with Gasteiger partial charge in [0.2, 0.25) is 0 Å². The second-order valence-corrected chi connectivity index (χ2v) is 5.31. The number of halogens is 3. The Hall–Kier alpha value is -2.73. The van der Waals surface area contributed by atoms with Crippen LogP contribution in [0.25, 0.3) is 5.57 Å². The first-order valence-corrected chi connectivity index (χ1v) is 7.20. The average Bonchev–Trinajstić information content (AvgIpc) is 2.80. The van der Waals surface area contributed by atoms with Crippen LogP contribution in [0.3, 0.4) is 0 Å². The van der Waals surface area contributed by atoms with Crippen molar-refractivity contribution >= 4 is 34.7 Å². The predicted octanol–water partition coefficient (Wildman–Crippen LogP) is 3.50. The number of amides is 2. The standard InChI is InChI=1S/C17H10ClF2NO3/c1-24-13-5-3-2-4-10(13)14-15(18)17(23)21(16(14)22)9-6-7-11(19)12(20)8-9/h2-8H,1H3. The third-order valence-electron chi connectivity index (χ3n) is 3.56. The zero-order valence-electron chi connectivity index (χ0n) is 12.3. The molecule has 0 radical (unpaired) electrons. The molecule has 24 heavy (non-hydrogen) atoms. The lowest BCUT2D eigenvalue weighted by Gasteiger charge is -2.15. The average molecular weight is 350 g/mol. The van der Waals surface area contributed by atoms with Gasteiger partial charge < -0.3 is 4.74 Å². The van der Waals surface area contributed by atoms with Crippen LogP contribution in [-0.4, -0.2) is 18.9 Å². The lowest BCUT2D eigenvalue weighted by Crippen LogP contribution is -2.31. The van der Waals surface area contributed by atoms with Crippen LogP contribution < -0.4 is 9.64 Å². The second kappa shape index (κ2) is 6.05. The van der Waals surface area contributed by atoms with Gasteiger partial charge in [-0.1, -0.05) is 29.8 Å². The minimum Gasteiger partial charge on any atom is -0.496 e. The van der Waals surface area contributed by atoms with Crippen molar-refractivity contribution in [3.05, 3.63) is 64.7 Å². The Morgan fingerprint density at radius 1 is 1.00 bits per heavy atom. The van der Waals surface area contributed by atoms with Crippen LogP contribution in [-0.2, 0) is 9.59 Å². The highest BCUT2D eigenvalue weighted by molar-refractivity contribution is 6.60. The lowest BCUT2D eigenvalue weighted by atomic mass is 10.1. The molecule has 0 aliphatic carbocycles. The number of carbonyl (C=O) groups is 2. The predicted molar refractivity (Wildman–Crippen MR) is 84.6 cm³/mol. The van der Waals surface area contributed by atoms with Gasteiger partial charge in [0.1, 0.15) is 10.8 Å². The molecule has 0 unspecified atom stereocenters. The number of para-hydroxylation sites is 1. The van der Waals surface area contributed by atoms with E-state index in [1.54, 1.807) is 24.3 Å². The molecule has 0 aromatic heterocycles. The molecule has 3 rings (SSSR count). The fourth-order valence-corrected chi connectivity index (χ4v) is 2.71. The number of carbonyl (C=O) groups excluding carboxylic acids is 2. The van der Waals surface area contributed by atoms with Crippen LogP contribution >= 0.6 is 11.6 Å². The topological polar surface area (TPSA) is 46.6 Å². The summed E-state index contributed by atoms with van der Waals surface area (Å²) in [5.41, 5.74) is 0.184. The summed E-state index contributed by atoms with van der Waals surface area (Å²) in [5, 5.41) is -0.311. The summed E-state index contributed by atoms with van der Waals surface area (Å²) in [6.07, 6.45) is 0. The van der Waals surface area contributed by atoms with Gasteiger partial charge in [0, 0.05) is 11.6 Å². The lowest BCUT2D eigenvalue weighted by molar-refractivity contribution is -0.119. The molecular weight excluding hydrogens is 340 g/mol. The maximum absolute atomic E-state index is 13.4. The molecule has 1 aliphatic heterocycles. The highest BCUT2D eigenvalue weighted by atomic mass is 35.5. The van der Waals surface area contributed by atoms with E-state index in [1.807, 2.05) is 0 Å². The fourth-order valence-electron chi connectivity index (χ4n) is 2.45. The summed E-state index contributed by atoms with van der Waals surface area (Å²) in [7, 11) is 1.42. The molecule has 2 aromatic rings. The van der Waals surface area contributed by atoms with Gasteiger partial charge in [-0.2, -0.15) is 0 Å². The monoisotopic (exact) mass is 349 g/mol. The van der Waals surface area contributed by atoms with Crippen LogP contribution in [0.1, 0.15) is 5.56 Å². The summed E-state index contributed by atoms with van der Waals surface area (Å²) in [6, 6.07) is 9.28. The maximum Gasteiger partial charge on any atom is 0.277 e. The highest BCUT2D eigenvalue weighted by Gasteiger charge is 2.40. The van der Waals surface area contributed by atoms with Crippen molar-refractivity contribution in [2.24, 2.45) is 0 Å². The van der Waals surface area contributed by atoms with Gasteiger partial charge in [-0.25, -0.2) is 13.7 Å². The molecule has 0 N–H and O–H groups in total. The quantitative estimate of drug-likeness (QED) is 0.797. The van der Waals surface area contributed by atoms with Gasteiger partial charge in [-0.3, -0.25) is 9.59 Å². The molecule has 0 fully saturated rings. The van der Waals surface area contributed by atoms with E-state index in [0.29, 0.717) is 16.2 Å². The number of methoxy groups -OCH3 is 1. The molecule has 0 saturated carbocycles. The number of imide groups is 1. The number of hydrogen-bond acceptors (Lipinski definition) is 3. The molecule has 2 amide bonds. The molecule has 0 spiro atoms. The Morgan fingerprint density at radius 2 is 1.71 bits per heavy atom. The molecule has 1 aliphatic rings. The van der Waals surface area contributed by atoms with E-state index < -0.39 is 23.4 Å². The van der Waals surface area contributed by atoms with Crippen LogP contribution in [0, 0.1) is 11.6 Å². The van der Waals surface area contributed by atoms with Gasteiger partial charge in [0.05, 0.1) is 18.4 Å². The van der Waals surface area contributed by atoms with E-state index in [1.165, 1.54) is 7.11 Å². The third-order valence-corrected chi connectivity index (χ3v) is 3.92. The maximum atomic E-state index is 13.4. The van der Waals surface area contributed by atoms with Gasteiger partial charge in [0.15, 0.2) is 11.6 Å². The molecular formula is C17H10ClF2NO3. The van der Waals surface area contributed by atoms with Crippen molar-refractivity contribution < 1.29 is 23.1 Å². The summed E-state index contributed by atoms with van der Waals surface area (Å²) in [5.74, 6) is -3.44. The van der Waals surface area contributed by atoms with E-state index in [2.05, 4.69) is 0 Å². The molecule has 0 atom stereocenters. The van der Waals surface area contributed by atoms with Crippen LogP contribution in [0.2, 0.25) is 0 Å². The summed E-state index contributed by atoms with van der Waals surface area (Å²) in [6.45, 7) is 0. The van der Waals surface area contributed by atoms with Crippen molar-refractivity contribution in [1.82, 2.24) is 0 Å². The smallest absolute Gasteiger partial charge is 0.277 e. The Kier molecular flexibility index (Phi) is 4.07. The molecule has 122 valence electrons. The van der Waals surface area contributed by atoms with Crippen molar-refractivity contribution in [3.63, 3.8) is 0 Å². The zero-order chi connectivity index (χ0) is 17.4. The van der Waals surface area contributed by atoms with Gasteiger partial charge in [0.25, 0.3) is 11.8 Å². The van der Waals surface area contributed by atoms with E-state index in [4.69, 9.17) is 16.3 Å². The van der Waals surface area contributed by atoms with E-state index in [0.717, 1.165) is 18.2 Å². The molecule has 1 heterocycles. The highest BCUT2D eigenvalue weighted by Crippen LogP contribution is 2.38. The zero-order valence-corrected chi connectivity index (χ0v) is 13.1. The number of benzene rings is 2. The van der Waals surface area contributed by atoms with Crippen molar-refractivity contribution in [3.8, 4) is 5.75 Å². The molecule has 4 nitrogen and oxygen atoms in total. The van der Waals surface area contributed by atoms with Gasteiger partial charge >= 0.3 is 0 Å². The van der Waals surface area contributed by atoms with Crippen molar-refractivity contribution in [2.45, 2.75) is 0 Å². The third kappa shape index (κ3) is 2.45. The van der Waals surface area contributed by atoms with Crippen LogP contribution in [0.5, 0.6) is 5.75 Å². The van der Waals surface area contributed by atoms with E-state index >= 15 is 0 Å². The molecule has 7 heteroatoms. The first-order valence-electron chi connectivity index (χ1n) is 6.82. The van der Waals surface area contributed by atoms with E-state index in [9.17, 15) is 18.4 Å². The summed E-state index contributed by atoms with van der Waals surface area (Å²) >= 11 is 6.05. The fraction of sp³-hybridized carbons (Fsp3) is 0.0588.